The van der Waals surface area contributed by atoms with Gasteiger partial charge in [0.15, 0.2) is 11.5 Å². The van der Waals surface area contributed by atoms with Gasteiger partial charge in [0.2, 0.25) is 0 Å². The van der Waals surface area contributed by atoms with Crippen LogP contribution in [0.5, 0.6) is 11.5 Å². The first-order valence-electron chi connectivity index (χ1n) is 7.49. The van der Waals surface area contributed by atoms with Gasteiger partial charge in [0, 0.05) is 25.2 Å². The highest BCUT2D eigenvalue weighted by molar-refractivity contribution is 5.74. The molecule has 23 heavy (non-hydrogen) atoms. The van der Waals surface area contributed by atoms with Gasteiger partial charge in [0.1, 0.15) is 0 Å². The Kier molecular flexibility index (Phi) is 4.41. The van der Waals surface area contributed by atoms with Crippen LogP contribution < -0.4 is 14.8 Å². The Bertz CT molecular complexity index is 682. The second-order valence-electron chi connectivity index (χ2n) is 5.44. The minimum Gasteiger partial charge on any atom is -0.493 e. The first kappa shape index (κ1) is 15.3. The van der Waals surface area contributed by atoms with Crippen LogP contribution in [-0.2, 0) is 19.5 Å². The lowest BCUT2D eigenvalue weighted by Crippen LogP contribution is -2.42. The molecule has 3 rings (SSSR count). The predicted octanol–water partition coefficient (Wildman–Crippen LogP) is 2.56. The quantitative estimate of drug-likeness (QED) is 0.941. The third-order valence-electron chi connectivity index (χ3n) is 4.03. The molecule has 0 radical (unpaired) electrons. The van der Waals surface area contributed by atoms with Crippen LogP contribution in [0.4, 0.5) is 4.79 Å². The highest BCUT2D eigenvalue weighted by atomic mass is 16.5. The molecule has 2 aromatic rings. The fourth-order valence-electron chi connectivity index (χ4n) is 2.74. The summed E-state index contributed by atoms with van der Waals surface area (Å²) in [7, 11) is 3.24. The molecule has 0 bridgehead atoms. The fraction of sp³-hybridized carbons (Fsp3) is 0.353. The summed E-state index contributed by atoms with van der Waals surface area (Å²) in [5.74, 6) is 1.41. The number of benzene rings is 1. The van der Waals surface area contributed by atoms with E-state index in [1.54, 1.807) is 31.6 Å². The lowest BCUT2D eigenvalue weighted by atomic mass is 9.99. The molecule has 0 spiro atoms. The van der Waals surface area contributed by atoms with Crippen LogP contribution in [0.2, 0.25) is 0 Å². The molecule has 1 aromatic carbocycles. The Hall–Kier alpha value is -2.63. The van der Waals surface area contributed by atoms with Crippen LogP contribution in [0, 0.1) is 0 Å². The predicted molar refractivity (Wildman–Crippen MR) is 84.6 cm³/mol. The normalized spacial score (nSPS) is 13.4. The van der Waals surface area contributed by atoms with Gasteiger partial charge in [0.05, 0.1) is 26.7 Å². The molecule has 6 nitrogen and oxygen atoms in total. The van der Waals surface area contributed by atoms with Crippen molar-refractivity contribution in [3.8, 4) is 11.5 Å². The zero-order chi connectivity index (χ0) is 16.2. The minimum absolute atomic E-state index is 0.0772. The van der Waals surface area contributed by atoms with Gasteiger partial charge < -0.3 is 24.1 Å². The standard InChI is InChI=1S/C17H20N2O4/c1-21-15-7-13-3-5-19(10-14(13)8-16(15)22-2)17(20)18-9-12-4-6-23-11-12/h4,6-8,11H,3,5,9-10H2,1-2H3,(H,18,20). The third-order valence-corrected chi connectivity index (χ3v) is 4.03. The van der Waals surface area contributed by atoms with Gasteiger partial charge in [-0.1, -0.05) is 0 Å². The lowest BCUT2D eigenvalue weighted by Gasteiger charge is -2.29. The number of nitrogens with zero attached hydrogens (tertiary/aromatic N) is 1. The van der Waals surface area contributed by atoms with Gasteiger partial charge in [-0.05, 0) is 35.7 Å². The number of rotatable bonds is 4. The summed E-state index contributed by atoms with van der Waals surface area (Å²) in [6, 6.07) is 5.70. The summed E-state index contributed by atoms with van der Waals surface area (Å²) in [5, 5.41) is 2.91. The molecule has 1 aromatic heterocycles. The van der Waals surface area contributed by atoms with Crippen molar-refractivity contribution >= 4 is 6.03 Å². The van der Waals surface area contributed by atoms with Crippen LogP contribution in [0.15, 0.2) is 35.1 Å². The van der Waals surface area contributed by atoms with Crippen molar-refractivity contribution in [1.82, 2.24) is 10.2 Å². The summed E-state index contributed by atoms with van der Waals surface area (Å²) in [6.07, 6.45) is 4.02. The number of hydrogen-bond acceptors (Lipinski definition) is 4. The van der Waals surface area contributed by atoms with E-state index in [0.717, 1.165) is 23.3 Å². The van der Waals surface area contributed by atoms with E-state index in [0.29, 0.717) is 25.4 Å². The van der Waals surface area contributed by atoms with Gasteiger partial charge in [-0.15, -0.1) is 0 Å². The minimum atomic E-state index is -0.0772. The fourth-order valence-corrected chi connectivity index (χ4v) is 2.74. The number of ether oxygens (including phenoxy) is 2. The van der Waals surface area contributed by atoms with Crippen molar-refractivity contribution in [2.45, 2.75) is 19.5 Å². The highest BCUT2D eigenvalue weighted by Gasteiger charge is 2.22. The van der Waals surface area contributed by atoms with Crippen molar-refractivity contribution in [2.24, 2.45) is 0 Å². The van der Waals surface area contributed by atoms with E-state index >= 15 is 0 Å². The molecular weight excluding hydrogens is 296 g/mol. The van der Waals surface area contributed by atoms with E-state index < -0.39 is 0 Å². The topological polar surface area (TPSA) is 63.9 Å². The Balaban J connectivity index is 1.68. The third kappa shape index (κ3) is 3.26. The van der Waals surface area contributed by atoms with Gasteiger partial charge in [-0.2, -0.15) is 0 Å². The maximum Gasteiger partial charge on any atom is 0.317 e. The van der Waals surface area contributed by atoms with E-state index in [9.17, 15) is 4.79 Å². The van der Waals surface area contributed by atoms with Crippen molar-refractivity contribution in [3.63, 3.8) is 0 Å². The largest absolute Gasteiger partial charge is 0.493 e. The second-order valence-corrected chi connectivity index (χ2v) is 5.44. The van der Waals surface area contributed by atoms with Gasteiger partial charge in [-0.25, -0.2) is 4.79 Å². The van der Waals surface area contributed by atoms with E-state index in [-0.39, 0.29) is 6.03 Å². The smallest absolute Gasteiger partial charge is 0.317 e. The molecule has 122 valence electrons. The van der Waals surface area contributed by atoms with Gasteiger partial charge in [0.25, 0.3) is 0 Å². The Morgan fingerprint density at radius 3 is 2.65 bits per heavy atom. The van der Waals surface area contributed by atoms with Crippen molar-refractivity contribution in [3.05, 3.63) is 47.4 Å². The lowest BCUT2D eigenvalue weighted by molar-refractivity contribution is 0.191. The number of urea groups is 1. The molecule has 1 aliphatic rings. The molecule has 0 unspecified atom stereocenters. The average molecular weight is 316 g/mol. The van der Waals surface area contributed by atoms with E-state index in [4.69, 9.17) is 13.9 Å². The van der Waals surface area contributed by atoms with Crippen LogP contribution >= 0.6 is 0 Å². The van der Waals surface area contributed by atoms with E-state index in [2.05, 4.69) is 5.32 Å². The molecule has 6 heteroatoms. The summed E-state index contributed by atoms with van der Waals surface area (Å²) in [5.41, 5.74) is 3.23. The van der Waals surface area contributed by atoms with Crippen LogP contribution in [0.1, 0.15) is 16.7 Å². The molecule has 0 atom stereocenters. The number of hydrogen-bond donors (Lipinski definition) is 1. The number of carbonyl (C=O) groups excluding carboxylic acids is 1. The molecule has 0 saturated heterocycles. The number of fused-ring (bicyclic) bond motifs is 1. The monoisotopic (exact) mass is 316 g/mol. The van der Waals surface area contributed by atoms with E-state index in [1.807, 2.05) is 18.2 Å². The van der Waals surface area contributed by atoms with E-state index in [1.165, 1.54) is 5.56 Å². The SMILES string of the molecule is COc1cc2c(cc1OC)CN(C(=O)NCc1ccoc1)CC2. The van der Waals surface area contributed by atoms with Crippen LogP contribution in [-0.4, -0.2) is 31.7 Å². The first-order valence-corrected chi connectivity index (χ1v) is 7.49. The zero-order valence-electron chi connectivity index (χ0n) is 13.3. The van der Waals surface area contributed by atoms with Gasteiger partial charge in [-0.3, -0.25) is 0 Å². The van der Waals surface area contributed by atoms with Gasteiger partial charge >= 0.3 is 6.03 Å². The molecule has 2 amide bonds. The molecule has 0 saturated carbocycles. The summed E-state index contributed by atoms with van der Waals surface area (Å²) in [6.45, 7) is 1.71. The summed E-state index contributed by atoms with van der Waals surface area (Å²) in [4.78, 5) is 14.1. The maximum absolute atomic E-state index is 12.3. The number of nitrogens with one attached hydrogen (secondary N) is 1. The average Bonchev–Trinajstić information content (AvgIpc) is 3.11. The Morgan fingerprint density at radius 1 is 1.26 bits per heavy atom. The number of amides is 2. The number of methoxy groups -OCH3 is 2. The molecule has 2 heterocycles. The maximum atomic E-state index is 12.3. The highest BCUT2D eigenvalue weighted by Crippen LogP contribution is 2.33. The Morgan fingerprint density at radius 2 is 2.00 bits per heavy atom. The number of carbonyl (C=O) groups is 1. The zero-order valence-corrected chi connectivity index (χ0v) is 13.3. The second kappa shape index (κ2) is 6.64. The Labute approximate surface area is 135 Å². The van der Waals surface area contributed by atoms with Crippen molar-refractivity contribution in [1.29, 1.82) is 0 Å². The summed E-state index contributed by atoms with van der Waals surface area (Å²) < 4.78 is 15.7. The van der Waals surface area contributed by atoms with Crippen LogP contribution in [0.25, 0.3) is 0 Å². The molecule has 0 aliphatic carbocycles. The molecular formula is C17H20N2O4. The number of furan rings is 1. The van der Waals surface area contributed by atoms with Crippen molar-refractivity contribution < 1.29 is 18.7 Å². The molecule has 0 fully saturated rings. The van der Waals surface area contributed by atoms with Crippen LogP contribution in [0.3, 0.4) is 0 Å². The molecule has 1 aliphatic heterocycles. The van der Waals surface area contributed by atoms with Crippen molar-refractivity contribution in [2.75, 3.05) is 20.8 Å². The summed E-state index contributed by atoms with van der Waals surface area (Å²) >= 11 is 0. The first-order chi connectivity index (χ1) is 11.2. The molecule has 1 N–H and O–H groups in total.